The molecule has 0 atom stereocenters. The molecule has 1 amide bonds. The lowest BCUT2D eigenvalue weighted by atomic mass is 10.2. The Kier molecular flexibility index (Phi) is 8.41. The summed E-state index contributed by atoms with van der Waals surface area (Å²) in [7, 11) is 1.58. The zero-order valence-electron chi connectivity index (χ0n) is 10.6. The molecule has 0 saturated carbocycles. The predicted octanol–water partition coefficient (Wildman–Crippen LogP) is 2.78. The van der Waals surface area contributed by atoms with E-state index < -0.39 is 0 Å². The van der Waals surface area contributed by atoms with Crippen LogP contribution in [-0.2, 0) is 4.79 Å². The molecule has 0 fully saturated rings. The summed E-state index contributed by atoms with van der Waals surface area (Å²) in [6.45, 7) is 0. The second kappa shape index (κ2) is 8.94. The van der Waals surface area contributed by atoms with E-state index in [0.717, 1.165) is 12.2 Å². The maximum atomic E-state index is 11.6. The highest BCUT2D eigenvalue weighted by atomic mass is 35.5. The molecule has 0 aromatic heterocycles. The number of carbonyl (C=O) groups excluding carboxylic acids is 1. The minimum atomic E-state index is -0.0148. The molecule has 102 valence electrons. The standard InChI is InChI=1S/C12H18N2O2S.ClH/c1-16-9-5-6-10(13)11(8-9)14-12(15)4-3-7-17-2;/h5-6,8H,3-4,7,13H2,1-2H3,(H,14,15);1H. The third-order valence-electron chi connectivity index (χ3n) is 2.29. The van der Waals surface area contributed by atoms with Crippen LogP contribution < -0.4 is 15.8 Å². The molecule has 0 spiro atoms. The van der Waals surface area contributed by atoms with Gasteiger partial charge in [-0.25, -0.2) is 0 Å². The zero-order chi connectivity index (χ0) is 12.7. The number of hydrogen-bond acceptors (Lipinski definition) is 4. The van der Waals surface area contributed by atoms with Gasteiger partial charge in [-0.1, -0.05) is 0 Å². The first-order valence-electron chi connectivity index (χ1n) is 5.39. The monoisotopic (exact) mass is 290 g/mol. The summed E-state index contributed by atoms with van der Waals surface area (Å²) in [5, 5.41) is 2.79. The van der Waals surface area contributed by atoms with Crippen molar-refractivity contribution >= 4 is 41.5 Å². The summed E-state index contributed by atoms with van der Waals surface area (Å²) in [6, 6.07) is 5.21. The van der Waals surface area contributed by atoms with Gasteiger partial charge in [0.25, 0.3) is 0 Å². The molecular formula is C12H19ClN2O2S. The Morgan fingerprint density at radius 1 is 1.50 bits per heavy atom. The first-order chi connectivity index (χ1) is 8.17. The maximum absolute atomic E-state index is 11.6. The molecule has 0 unspecified atom stereocenters. The van der Waals surface area contributed by atoms with Crippen molar-refractivity contribution in [1.82, 2.24) is 0 Å². The van der Waals surface area contributed by atoms with Crippen molar-refractivity contribution in [2.75, 3.05) is 30.2 Å². The third kappa shape index (κ3) is 5.51. The molecule has 1 aromatic carbocycles. The summed E-state index contributed by atoms with van der Waals surface area (Å²) in [4.78, 5) is 11.6. The minimum Gasteiger partial charge on any atom is -0.497 e. The van der Waals surface area contributed by atoms with Gasteiger partial charge in [0, 0.05) is 12.5 Å². The summed E-state index contributed by atoms with van der Waals surface area (Å²) in [6.07, 6.45) is 3.41. The van der Waals surface area contributed by atoms with Crippen molar-refractivity contribution < 1.29 is 9.53 Å². The van der Waals surface area contributed by atoms with Crippen LogP contribution in [0.5, 0.6) is 5.75 Å². The van der Waals surface area contributed by atoms with E-state index in [4.69, 9.17) is 10.5 Å². The Bertz CT molecular complexity index is 388. The maximum Gasteiger partial charge on any atom is 0.224 e. The van der Waals surface area contributed by atoms with Crippen LogP contribution in [0, 0.1) is 0 Å². The highest BCUT2D eigenvalue weighted by molar-refractivity contribution is 7.98. The van der Waals surface area contributed by atoms with E-state index in [0.29, 0.717) is 23.5 Å². The Balaban J connectivity index is 0.00000289. The molecule has 6 heteroatoms. The van der Waals surface area contributed by atoms with E-state index in [-0.39, 0.29) is 18.3 Å². The lowest BCUT2D eigenvalue weighted by Gasteiger charge is -2.09. The smallest absolute Gasteiger partial charge is 0.224 e. The van der Waals surface area contributed by atoms with E-state index in [2.05, 4.69) is 5.32 Å². The normalized spacial score (nSPS) is 9.44. The largest absolute Gasteiger partial charge is 0.497 e. The first-order valence-corrected chi connectivity index (χ1v) is 6.79. The number of benzene rings is 1. The van der Waals surface area contributed by atoms with Crippen molar-refractivity contribution in [3.8, 4) is 5.75 Å². The average Bonchev–Trinajstić information content (AvgIpc) is 2.32. The molecule has 0 heterocycles. The SMILES string of the molecule is COc1ccc(N)c(NC(=O)CCCSC)c1.Cl. The van der Waals surface area contributed by atoms with Gasteiger partial charge in [-0.2, -0.15) is 11.8 Å². The summed E-state index contributed by atoms with van der Waals surface area (Å²) < 4.78 is 5.08. The molecule has 0 aliphatic rings. The Labute approximate surface area is 118 Å². The molecule has 1 rings (SSSR count). The van der Waals surface area contributed by atoms with Gasteiger partial charge in [0.05, 0.1) is 18.5 Å². The molecule has 3 N–H and O–H groups in total. The summed E-state index contributed by atoms with van der Waals surface area (Å²) >= 11 is 1.73. The molecule has 4 nitrogen and oxygen atoms in total. The summed E-state index contributed by atoms with van der Waals surface area (Å²) in [5.41, 5.74) is 6.93. The number of nitrogens with one attached hydrogen (secondary N) is 1. The van der Waals surface area contributed by atoms with Crippen LogP contribution in [0.3, 0.4) is 0 Å². The number of carbonyl (C=O) groups is 1. The van der Waals surface area contributed by atoms with E-state index in [9.17, 15) is 4.79 Å². The number of anilines is 2. The van der Waals surface area contributed by atoms with Gasteiger partial charge in [0.2, 0.25) is 5.91 Å². The number of nitrogens with two attached hydrogens (primary N) is 1. The third-order valence-corrected chi connectivity index (χ3v) is 2.98. The molecule has 0 bridgehead atoms. The van der Waals surface area contributed by atoms with Gasteiger partial charge < -0.3 is 15.8 Å². The van der Waals surface area contributed by atoms with Crippen LogP contribution in [0.1, 0.15) is 12.8 Å². The number of rotatable bonds is 6. The van der Waals surface area contributed by atoms with Crippen molar-refractivity contribution in [2.24, 2.45) is 0 Å². The van der Waals surface area contributed by atoms with Crippen molar-refractivity contribution in [2.45, 2.75) is 12.8 Å². The van der Waals surface area contributed by atoms with E-state index in [1.54, 1.807) is 37.1 Å². The number of halogens is 1. The van der Waals surface area contributed by atoms with Gasteiger partial charge in [-0.05, 0) is 30.6 Å². The van der Waals surface area contributed by atoms with Crippen LogP contribution in [0.2, 0.25) is 0 Å². The number of nitrogen functional groups attached to an aromatic ring is 1. The lowest BCUT2D eigenvalue weighted by molar-refractivity contribution is -0.116. The summed E-state index contributed by atoms with van der Waals surface area (Å²) in [5.74, 6) is 1.65. The second-order valence-electron chi connectivity index (χ2n) is 3.60. The molecule has 1 aromatic rings. The molecule has 0 radical (unpaired) electrons. The van der Waals surface area contributed by atoms with Crippen molar-refractivity contribution in [1.29, 1.82) is 0 Å². The first kappa shape index (κ1) is 16.9. The van der Waals surface area contributed by atoms with Gasteiger partial charge in [-0.15, -0.1) is 12.4 Å². The van der Waals surface area contributed by atoms with Crippen LogP contribution in [-0.4, -0.2) is 25.0 Å². The molecule has 0 aliphatic heterocycles. The van der Waals surface area contributed by atoms with Crippen molar-refractivity contribution in [3.05, 3.63) is 18.2 Å². The van der Waals surface area contributed by atoms with E-state index in [1.165, 1.54) is 0 Å². The molecular weight excluding hydrogens is 272 g/mol. The topological polar surface area (TPSA) is 64.3 Å². The number of ether oxygens (including phenoxy) is 1. The zero-order valence-corrected chi connectivity index (χ0v) is 12.2. The van der Waals surface area contributed by atoms with Gasteiger partial charge >= 0.3 is 0 Å². The predicted molar refractivity (Wildman–Crippen MR) is 80.9 cm³/mol. The van der Waals surface area contributed by atoms with Crippen LogP contribution in [0.25, 0.3) is 0 Å². The highest BCUT2D eigenvalue weighted by Gasteiger charge is 2.06. The fourth-order valence-corrected chi connectivity index (χ4v) is 1.79. The minimum absolute atomic E-state index is 0. The number of amides is 1. The number of thioether (sulfide) groups is 1. The Morgan fingerprint density at radius 2 is 2.22 bits per heavy atom. The van der Waals surface area contributed by atoms with Gasteiger partial charge in [-0.3, -0.25) is 4.79 Å². The Hall–Kier alpha value is -1.07. The highest BCUT2D eigenvalue weighted by Crippen LogP contribution is 2.24. The van der Waals surface area contributed by atoms with Gasteiger partial charge in [0.1, 0.15) is 5.75 Å². The average molecular weight is 291 g/mol. The van der Waals surface area contributed by atoms with Crippen LogP contribution >= 0.6 is 24.2 Å². The molecule has 0 aliphatic carbocycles. The van der Waals surface area contributed by atoms with Crippen molar-refractivity contribution in [3.63, 3.8) is 0 Å². The second-order valence-corrected chi connectivity index (χ2v) is 4.58. The Morgan fingerprint density at radius 3 is 2.83 bits per heavy atom. The van der Waals surface area contributed by atoms with E-state index >= 15 is 0 Å². The molecule has 0 saturated heterocycles. The molecule has 18 heavy (non-hydrogen) atoms. The van der Waals surface area contributed by atoms with E-state index in [1.807, 2.05) is 6.26 Å². The fourth-order valence-electron chi connectivity index (χ4n) is 1.36. The quantitative estimate of drug-likeness (QED) is 0.625. The van der Waals surface area contributed by atoms with Crippen LogP contribution in [0.4, 0.5) is 11.4 Å². The number of hydrogen-bond donors (Lipinski definition) is 2. The lowest BCUT2D eigenvalue weighted by Crippen LogP contribution is -2.12. The fraction of sp³-hybridized carbons (Fsp3) is 0.417. The van der Waals surface area contributed by atoms with Gasteiger partial charge in [0.15, 0.2) is 0 Å². The number of methoxy groups -OCH3 is 1. The van der Waals surface area contributed by atoms with Crippen LogP contribution in [0.15, 0.2) is 18.2 Å².